The Bertz CT molecular complexity index is 1150. The molecule has 0 radical (unpaired) electrons. The third kappa shape index (κ3) is 2.88. The standard InChI is InChI=1S/C23H20N2O4/c1-26-18-10-14(11-19(27-2)22(18)28-3)20-16-9-8-13-6-4-5-7-15(13)21(16)29-23(25)17(20)12-24/h4-11,20H,25H2,1-3H3/t20-/m1/s1. The Kier molecular flexibility index (Phi) is 4.65. The third-order valence-electron chi connectivity index (χ3n) is 5.13. The molecule has 2 N–H and O–H groups in total. The first-order chi connectivity index (χ1) is 14.1. The molecule has 0 amide bonds. The van der Waals surface area contributed by atoms with Gasteiger partial charge < -0.3 is 24.7 Å². The number of allylic oxidation sites excluding steroid dienone is 1. The van der Waals surface area contributed by atoms with Crippen molar-refractivity contribution in [2.24, 2.45) is 5.73 Å². The molecule has 0 aliphatic carbocycles. The normalized spacial score (nSPS) is 15.3. The second kappa shape index (κ2) is 7.28. The molecule has 0 fully saturated rings. The summed E-state index contributed by atoms with van der Waals surface area (Å²) in [7, 11) is 4.67. The van der Waals surface area contributed by atoms with Crippen LogP contribution in [0.25, 0.3) is 10.8 Å². The number of methoxy groups -OCH3 is 3. The van der Waals surface area contributed by atoms with Crippen LogP contribution in [-0.4, -0.2) is 21.3 Å². The summed E-state index contributed by atoms with van der Waals surface area (Å²) in [6.45, 7) is 0. The maximum atomic E-state index is 9.83. The Hall–Kier alpha value is -3.85. The lowest BCUT2D eigenvalue weighted by Crippen LogP contribution is -2.21. The van der Waals surface area contributed by atoms with E-state index < -0.39 is 5.92 Å². The van der Waals surface area contributed by atoms with E-state index in [2.05, 4.69) is 6.07 Å². The molecule has 1 aliphatic rings. The number of ether oxygens (including phenoxy) is 4. The summed E-state index contributed by atoms with van der Waals surface area (Å²) in [5, 5.41) is 11.8. The number of nitrogens with two attached hydrogens (primary N) is 1. The molecule has 0 saturated heterocycles. The van der Waals surface area contributed by atoms with Gasteiger partial charge in [0.25, 0.3) is 0 Å². The highest BCUT2D eigenvalue weighted by Gasteiger charge is 2.33. The van der Waals surface area contributed by atoms with Gasteiger partial charge >= 0.3 is 0 Å². The molecule has 6 heteroatoms. The first kappa shape index (κ1) is 18.5. The van der Waals surface area contributed by atoms with Crippen molar-refractivity contribution in [3.8, 4) is 29.1 Å². The average molecular weight is 388 g/mol. The molecular formula is C23H20N2O4. The summed E-state index contributed by atoms with van der Waals surface area (Å²) in [6, 6.07) is 17.8. The fourth-order valence-electron chi connectivity index (χ4n) is 3.80. The highest BCUT2D eigenvalue weighted by Crippen LogP contribution is 2.48. The number of hydrogen-bond donors (Lipinski definition) is 1. The van der Waals surface area contributed by atoms with Crippen LogP contribution in [0.2, 0.25) is 0 Å². The van der Waals surface area contributed by atoms with E-state index in [1.807, 2.05) is 48.5 Å². The molecule has 1 atom stereocenters. The van der Waals surface area contributed by atoms with Gasteiger partial charge in [0.15, 0.2) is 11.5 Å². The van der Waals surface area contributed by atoms with Gasteiger partial charge in [-0.3, -0.25) is 0 Å². The van der Waals surface area contributed by atoms with Crippen LogP contribution < -0.4 is 24.7 Å². The van der Waals surface area contributed by atoms with Crippen LogP contribution in [0.5, 0.6) is 23.0 Å². The monoisotopic (exact) mass is 388 g/mol. The van der Waals surface area contributed by atoms with Crippen molar-refractivity contribution >= 4 is 10.8 Å². The SMILES string of the molecule is COc1cc([C@H]2C(C#N)=C(N)Oc3c2ccc2ccccc32)cc(OC)c1OC. The van der Waals surface area contributed by atoms with Crippen molar-refractivity contribution in [3.63, 3.8) is 0 Å². The molecule has 0 unspecified atom stereocenters. The zero-order chi connectivity index (χ0) is 20.5. The van der Waals surface area contributed by atoms with Gasteiger partial charge in [0, 0.05) is 10.9 Å². The van der Waals surface area contributed by atoms with Crippen LogP contribution in [0, 0.1) is 11.3 Å². The van der Waals surface area contributed by atoms with Gasteiger partial charge in [-0.1, -0.05) is 36.4 Å². The van der Waals surface area contributed by atoms with E-state index in [1.165, 1.54) is 0 Å². The third-order valence-corrected chi connectivity index (χ3v) is 5.13. The van der Waals surface area contributed by atoms with E-state index in [9.17, 15) is 5.26 Å². The second-order valence-corrected chi connectivity index (χ2v) is 6.59. The van der Waals surface area contributed by atoms with Crippen LogP contribution in [0.4, 0.5) is 0 Å². The maximum Gasteiger partial charge on any atom is 0.205 e. The molecule has 0 bridgehead atoms. The molecule has 6 nitrogen and oxygen atoms in total. The summed E-state index contributed by atoms with van der Waals surface area (Å²) in [4.78, 5) is 0. The van der Waals surface area contributed by atoms with E-state index in [-0.39, 0.29) is 5.88 Å². The summed E-state index contributed by atoms with van der Waals surface area (Å²) in [6.07, 6.45) is 0. The van der Waals surface area contributed by atoms with Crippen molar-refractivity contribution in [3.05, 3.63) is 71.1 Å². The number of nitriles is 1. The minimum Gasteiger partial charge on any atom is -0.493 e. The fraction of sp³-hybridized carbons (Fsp3) is 0.174. The number of fused-ring (bicyclic) bond motifs is 3. The molecular weight excluding hydrogens is 368 g/mol. The Morgan fingerprint density at radius 1 is 0.966 bits per heavy atom. The molecule has 4 rings (SSSR count). The molecule has 3 aromatic carbocycles. The molecule has 1 heterocycles. The van der Waals surface area contributed by atoms with E-state index in [1.54, 1.807) is 21.3 Å². The number of hydrogen-bond acceptors (Lipinski definition) is 6. The Morgan fingerprint density at radius 2 is 1.66 bits per heavy atom. The average Bonchev–Trinajstić information content (AvgIpc) is 2.76. The lowest BCUT2D eigenvalue weighted by atomic mass is 9.82. The quantitative estimate of drug-likeness (QED) is 0.725. The number of rotatable bonds is 4. The summed E-state index contributed by atoms with van der Waals surface area (Å²) < 4.78 is 22.3. The molecule has 146 valence electrons. The maximum absolute atomic E-state index is 9.83. The van der Waals surface area contributed by atoms with E-state index in [0.29, 0.717) is 28.6 Å². The molecule has 0 spiro atoms. The lowest BCUT2D eigenvalue weighted by Gasteiger charge is -2.28. The van der Waals surface area contributed by atoms with Gasteiger partial charge in [-0.25, -0.2) is 0 Å². The van der Waals surface area contributed by atoms with Gasteiger partial charge in [0.05, 0.1) is 27.2 Å². The second-order valence-electron chi connectivity index (χ2n) is 6.59. The fourth-order valence-corrected chi connectivity index (χ4v) is 3.80. The van der Waals surface area contributed by atoms with Crippen molar-refractivity contribution in [2.75, 3.05) is 21.3 Å². The topological polar surface area (TPSA) is 86.7 Å². The van der Waals surface area contributed by atoms with Gasteiger partial charge in [0.2, 0.25) is 11.6 Å². The van der Waals surface area contributed by atoms with E-state index >= 15 is 0 Å². The Morgan fingerprint density at radius 3 is 2.28 bits per heavy atom. The van der Waals surface area contributed by atoms with Gasteiger partial charge in [-0.05, 0) is 23.1 Å². The van der Waals surface area contributed by atoms with Crippen LogP contribution >= 0.6 is 0 Å². The summed E-state index contributed by atoms with van der Waals surface area (Å²) in [5.41, 5.74) is 8.14. The molecule has 3 aromatic rings. The number of benzene rings is 3. The zero-order valence-electron chi connectivity index (χ0n) is 16.4. The van der Waals surface area contributed by atoms with E-state index in [0.717, 1.165) is 21.9 Å². The molecule has 1 aliphatic heterocycles. The van der Waals surface area contributed by atoms with Gasteiger partial charge in [-0.15, -0.1) is 0 Å². The van der Waals surface area contributed by atoms with Crippen molar-refractivity contribution in [1.82, 2.24) is 0 Å². The minimum atomic E-state index is -0.429. The van der Waals surface area contributed by atoms with Crippen molar-refractivity contribution in [2.45, 2.75) is 5.92 Å². The summed E-state index contributed by atoms with van der Waals surface area (Å²) in [5.74, 6) is 1.81. The highest BCUT2D eigenvalue weighted by molar-refractivity contribution is 5.91. The first-order valence-corrected chi connectivity index (χ1v) is 9.02. The van der Waals surface area contributed by atoms with Crippen molar-refractivity contribution in [1.29, 1.82) is 5.26 Å². The molecule has 29 heavy (non-hydrogen) atoms. The summed E-state index contributed by atoms with van der Waals surface area (Å²) >= 11 is 0. The minimum absolute atomic E-state index is 0.0927. The van der Waals surface area contributed by atoms with E-state index in [4.69, 9.17) is 24.7 Å². The molecule has 0 saturated carbocycles. The first-order valence-electron chi connectivity index (χ1n) is 9.02. The zero-order valence-corrected chi connectivity index (χ0v) is 16.4. The molecule has 0 aromatic heterocycles. The van der Waals surface area contributed by atoms with Crippen LogP contribution in [-0.2, 0) is 0 Å². The van der Waals surface area contributed by atoms with Crippen LogP contribution in [0.3, 0.4) is 0 Å². The Balaban J connectivity index is 2.01. The van der Waals surface area contributed by atoms with Gasteiger partial charge in [0.1, 0.15) is 17.4 Å². The van der Waals surface area contributed by atoms with Gasteiger partial charge in [-0.2, -0.15) is 5.26 Å². The Labute approximate surface area is 168 Å². The predicted octanol–water partition coefficient (Wildman–Crippen LogP) is 4.08. The predicted molar refractivity (Wildman–Crippen MR) is 109 cm³/mol. The number of nitrogens with zero attached hydrogens (tertiary/aromatic N) is 1. The van der Waals surface area contributed by atoms with Crippen LogP contribution in [0.1, 0.15) is 17.0 Å². The van der Waals surface area contributed by atoms with Crippen molar-refractivity contribution < 1.29 is 18.9 Å². The largest absolute Gasteiger partial charge is 0.493 e. The smallest absolute Gasteiger partial charge is 0.205 e. The van der Waals surface area contributed by atoms with Crippen LogP contribution in [0.15, 0.2) is 60.0 Å². The highest BCUT2D eigenvalue weighted by atomic mass is 16.5. The lowest BCUT2D eigenvalue weighted by molar-refractivity contribution is 0.323.